The van der Waals surface area contributed by atoms with Gasteiger partial charge in [-0.25, -0.2) is 8.78 Å². The fourth-order valence-electron chi connectivity index (χ4n) is 3.12. The molecule has 0 spiro atoms. The van der Waals surface area contributed by atoms with Gasteiger partial charge in [-0.1, -0.05) is 12.1 Å². The Hall–Kier alpha value is -3.22. The van der Waals surface area contributed by atoms with Crippen molar-refractivity contribution in [2.24, 2.45) is 5.73 Å². The van der Waals surface area contributed by atoms with Crippen LogP contribution < -0.4 is 15.8 Å². The number of hydrogen-bond acceptors (Lipinski definition) is 3. The van der Waals surface area contributed by atoms with E-state index >= 15 is 0 Å². The normalized spacial score (nSPS) is 13.6. The van der Waals surface area contributed by atoms with Crippen LogP contribution in [0.25, 0.3) is 11.1 Å². The third kappa shape index (κ3) is 3.81. The fraction of sp³-hybridized carbons (Fsp3) is 0.200. The largest absolute Gasteiger partial charge is 0.497 e. The molecule has 1 aliphatic rings. The van der Waals surface area contributed by atoms with E-state index < -0.39 is 29.1 Å². The van der Waals surface area contributed by atoms with Crippen molar-refractivity contribution in [3.63, 3.8) is 0 Å². The van der Waals surface area contributed by atoms with Crippen molar-refractivity contribution in [2.75, 3.05) is 12.4 Å². The summed E-state index contributed by atoms with van der Waals surface area (Å²) in [6.45, 7) is 0. The molecule has 0 radical (unpaired) electrons. The van der Waals surface area contributed by atoms with E-state index in [0.29, 0.717) is 36.1 Å². The molecule has 2 aromatic carbocycles. The lowest BCUT2D eigenvalue weighted by atomic mass is 10.0. The number of carbonyl (C=O) groups excluding carboxylic acids is 2. The SMILES string of the molecule is COc1cccc(-c2cc(F)c(NC(=O)C3=C(C(N)=O)CCC3)c(F)c2)c1. The Kier molecular flexibility index (Phi) is 5.21. The van der Waals surface area contributed by atoms with Crippen molar-refractivity contribution in [3.05, 3.63) is 59.2 Å². The summed E-state index contributed by atoms with van der Waals surface area (Å²) in [7, 11) is 1.50. The summed E-state index contributed by atoms with van der Waals surface area (Å²) >= 11 is 0. The van der Waals surface area contributed by atoms with Crippen LogP contribution in [0.2, 0.25) is 0 Å². The Morgan fingerprint density at radius 1 is 1.04 bits per heavy atom. The molecule has 27 heavy (non-hydrogen) atoms. The molecule has 0 unspecified atom stereocenters. The Balaban J connectivity index is 1.90. The summed E-state index contributed by atoms with van der Waals surface area (Å²) < 4.78 is 34.1. The van der Waals surface area contributed by atoms with Gasteiger partial charge in [-0.3, -0.25) is 9.59 Å². The average Bonchev–Trinajstić information content (AvgIpc) is 3.14. The van der Waals surface area contributed by atoms with Gasteiger partial charge in [0.15, 0.2) is 0 Å². The molecule has 5 nitrogen and oxygen atoms in total. The summed E-state index contributed by atoms with van der Waals surface area (Å²) in [5, 5.41) is 2.23. The maximum atomic E-state index is 14.5. The third-order valence-corrected chi connectivity index (χ3v) is 4.47. The molecule has 140 valence electrons. The molecular weight excluding hydrogens is 354 g/mol. The maximum absolute atomic E-state index is 14.5. The number of anilines is 1. The summed E-state index contributed by atoms with van der Waals surface area (Å²) in [6.07, 6.45) is 1.33. The number of methoxy groups -OCH3 is 1. The van der Waals surface area contributed by atoms with Gasteiger partial charge in [-0.2, -0.15) is 0 Å². The zero-order chi connectivity index (χ0) is 19.6. The number of amides is 2. The predicted molar refractivity (Wildman–Crippen MR) is 97.0 cm³/mol. The molecule has 1 aliphatic carbocycles. The molecule has 0 aromatic heterocycles. The number of ether oxygens (including phenoxy) is 1. The number of benzene rings is 2. The van der Waals surface area contributed by atoms with Gasteiger partial charge in [0.05, 0.1) is 7.11 Å². The van der Waals surface area contributed by atoms with Crippen LogP contribution in [-0.4, -0.2) is 18.9 Å². The number of hydrogen-bond donors (Lipinski definition) is 2. The fourth-order valence-corrected chi connectivity index (χ4v) is 3.12. The van der Waals surface area contributed by atoms with Gasteiger partial charge >= 0.3 is 0 Å². The van der Waals surface area contributed by atoms with Gasteiger partial charge < -0.3 is 15.8 Å². The van der Waals surface area contributed by atoms with Crippen LogP contribution in [0.1, 0.15) is 19.3 Å². The highest BCUT2D eigenvalue weighted by Gasteiger charge is 2.25. The van der Waals surface area contributed by atoms with Gasteiger partial charge in [0, 0.05) is 11.1 Å². The van der Waals surface area contributed by atoms with E-state index in [4.69, 9.17) is 10.5 Å². The van der Waals surface area contributed by atoms with Gasteiger partial charge in [-0.05, 0) is 54.7 Å². The Labute approximate surface area is 154 Å². The highest BCUT2D eigenvalue weighted by atomic mass is 19.1. The molecule has 0 fully saturated rings. The van der Waals surface area contributed by atoms with Crippen LogP contribution in [0.4, 0.5) is 14.5 Å². The average molecular weight is 372 g/mol. The minimum Gasteiger partial charge on any atom is -0.497 e. The molecule has 0 atom stereocenters. The number of halogens is 2. The Bertz CT molecular complexity index is 931. The van der Waals surface area contributed by atoms with E-state index in [-0.39, 0.29) is 11.1 Å². The maximum Gasteiger partial charge on any atom is 0.252 e. The molecule has 0 aliphatic heterocycles. The molecule has 2 amide bonds. The second-order valence-corrected chi connectivity index (χ2v) is 6.18. The number of nitrogens with two attached hydrogens (primary N) is 1. The van der Waals surface area contributed by atoms with Gasteiger partial charge in [-0.15, -0.1) is 0 Å². The monoisotopic (exact) mass is 372 g/mol. The zero-order valence-electron chi connectivity index (χ0n) is 14.6. The summed E-state index contributed by atoms with van der Waals surface area (Å²) in [6, 6.07) is 9.03. The van der Waals surface area contributed by atoms with Crippen molar-refractivity contribution in [1.29, 1.82) is 0 Å². The lowest BCUT2D eigenvalue weighted by Crippen LogP contribution is -2.21. The Morgan fingerprint density at radius 2 is 1.70 bits per heavy atom. The van der Waals surface area contributed by atoms with E-state index in [1.807, 2.05) is 0 Å². The highest BCUT2D eigenvalue weighted by molar-refractivity contribution is 6.10. The summed E-state index contributed by atoms with van der Waals surface area (Å²) in [5.41, 5.74) is 5.95. The molecule has 0 bridgehead atoms. The lowest BCUT2D eigenvalue weighted by Gasteiger charge is -2.12. The van der Waals surface area contributed by atoms with Gasteiger partial charge in [0.25, 0.3) is 5.91 Å². The quantitative estimate of drug-likeness (QED) is 0.842. The number of rotatable bonds is 5. The highest BCUT2D eigenvalue weighted by Crippen LogP contribution is 2.31. The standard InChI is InChI=1S/C20H18F2N2O3/c1-27-13-5-2-4-11(8-13)12-9-16(21)18(17(22)10-12)24-20(26)15-7-3-6-14(15)19(23)25/h2,4-5,8-10H,3,6-7H2,1H3,(H2,23,25)(H,24,26). The minimum absolute atomic E-state index is 0.179. The minimum atomic E-state index is -0.916. The molecular formula is C20H18F2N2O3. The van der Waals surface area contributed by atoms with E-state index in [1.165, 1.54) is 7.11 Å². The summed E-state index contributed by atoms with van der Waals surface area (Å²) in [4.78, 5) is 23.7. The van der Waals surface area contributed by atoms with Crippen LogP contribution in [0.3, 0.4) is 0 Å². The van der Waals surface area contributed by atoms with E-state index in [0.717, 1.165) is 12.1 Å². The van der Waals surface area contributed by atoms with E-state index in [2.05, 4.69) is 5.32 Å². The second-order valence-electron chi connectivity index (χ2n) is 6.18. The summed E-state index contributed by atoms with van der Waals surface area (Å²) in [5.74, 6) is -2.68. The predicted octanol–water partition coefficient (Wildman–Crippen LogP) is 3.54. The van der Waals surface area contributed by atoms with E-state index in [1.54, 1.807) is 24.3 Å². The van der Waals surface area contributed by atoms with Crippen LogP contribution >= 0.6 is 0 Å². The number of carbonyl (C=O) groups is 2. The molecule has 0 heterocycles. The molecule has 3 rings (SSSR count). The lowest BCUT2D eigenvalue weighted by molar-refractivity contribution is -0.116. The van der Waals surface area contributed by atoms with Crippen molar-refractivity contribution in [3.8, 4) is 16.9 Å². The zero-order valence-corrected chi connectivity index (χ0v) is 14.6. The molecule has 0 saturated heterocycles. The van der Waals surface area contributed by atoms with Gasteiger partial charge in [0.2, 0.25) is 5.91 Å². The van der Waals surface area contributed by atoms with Crippen LogP contribution in [0.5, 0.6) is 5.75 Å². The van der Waals surface area contributed by atoms with Crippen LogP contribution in [0.15, 0.2) is 47.5 Å². The first-order valence-electron chi connectivity index (χ1n) is 8.37. The van der Waals surface area contributed by atoms with Crippen LogP contribution in [-0.2, 0) is 9.59 Å². The first-order valence-corrected chi connectivity index (χ1v) is 8.37. The van der Waals surface area contributed by atoms with Crippen molar-refractivity contribution >= 4 is 17.5 Å². The Morgan fingerprint density at radius 3 is 2.33 bits per heavy atom. The molecule has 2 aromatic rings. The molecule has 3 N–H and O–H groups in total. The van der Waals surface area contributed by atoms with Gasteiger partial charge in [0.1, 0.15) is 23.1 Å². The molecule has 7 heteroatoms. The van der Waals surface area contributed by atoms with Crippen molar-refractivity contribution in [1.82, 2.24) is 0 Å². The smallest absolute Gasteiger partial charge is 0.252 e. The third-order valence-electron chi connectivity index (χ3n) is 4.47. The first kappa shape index (κ1) is 18.6. The first-order chi connectivity index (χ1) is 12.9. The number of nitrogens with one attached hydrogen (secondary N) is 1. The van der Waals surface area contributed by atoms with Crippen molar-refractivity contribution in [2.45, 2.75) is 19.3 Å². The van der Waals surface area contributed by atoms with E-state index in [9.17, 15) is 18.4 Å². The second kappa shape index (κ2) is 7.57. The topological polar surface area (TPSA) is 81.4 Å². The number of primary amides is 1. The van der Waals surface area contributed by atoms with Crippen molar-refractivity contribution < 1.29 is 23.1 Å². The molecule has 0 saturated carbocycles. The van der Waals surface area contributed by atoms with Crippen LogP contribution in [0, 0.1) is 11.6 Å².